The van der Waals surface area contributed by atoms with Gasteiger partial charge in [-0.2, -0.15) is 0 Å². The minimum atomic E-state index is -3.22. The van der Waals surface area contributed by atoms with Crippen LogP contribution in [0.1, 0.15) is 24.3 Å². The van der Waals surface area contributed by atoms with E-state index in [1.165, 1.54) is 0 Å². The average molecular weight is 282 g/mol. The van der Waals surface area contributed by atoms with Gasteiger partial charge in [0.1, 0.15) is 0 Å². The number of hydrogen-bond donors (Lipinski definition) is 1. The van der Waals surface area contributed by atoms with E-state index < -0.39 is 15.3 Å². The highest BCUT2D eigenvalue weighted by Crippen LogP contribution is 2.48. The topological polar surface area (TPSA) is 63.6 Å². The highest BCUT2D eigenvalue weighted by atomic mass is 32.2. The molecule has 0 amide bonds. The molecule has 0 spiro atoms. The summed E-state index contributed by atoms with van der Waals surface area (Å²) in [4.78, 5) is 0.429. The summed E-state index contributed by atoms with van der Waals surface area (Å²) in [7, 11) is -3.22. The van der Waals surface area contributed by atoms with Gasteiger partial charge in [-0.3, -0.25) is 0 Å². The summed E-state index contributed by atoms with van der Waals surface area (Å²) < 4.78 is 30.0. The molecule has 5 heteroatoms. The van der Waals surface area contributed by atoms with E-state index in [-0.39, 0.29) is 18.3 Å². The number of hydrogen-bond acceptors (Lipinski definition) is 4. The molecule has 1 aromatic rings. The first-order valence-electron chi connectivity index (χ1n) is 6.59. The second-order valence-electron chi connectivity index (χ2n) is 5.55. The minimum Gasteiger partial charge on any atom is -0.396 e. The number of benzene rings is 1. The van der Waals surface area contributed by atoms with Gasteiger partial charge in [-0.1, -0.05) is 18.2 Å². The Kier molecular flexibility index (Phi) is 3.15. The van der Waals surface area contributed by atoms with Gasteiger partial charge in [-0.05, 0) is 24.5 Å². The first kappa shape index (κ1) is 13.1. The van der Waals surface area contributed by atoms with Crippen LogP contribution in [-0.4, -0.2) is 39.1 Å². The van der Waals surface area contributed by atoms with Crippen LogP contribution in [-0.2, 0) is 14.6 Å². The summed E-state index contributed by atoms with van der Waals surface area (Å²) in [6.45, 7) is 1.11. The van der Waals surface area contributed by atoms with Gasteiger partial charge < -0.3 is 9.84 Å². The number of fused-ring (bicyclic) bond motifs is 1. The molecule has 3 rings (SSSR count). The van der Waals surface area contributed by atoms with Crippen molar-refractivity contribution in [2.75, 3.05) is 25.6 Å². The Labute approximate surface area is 113 Å². The third kappa shape index (κ3) is 2.00. The minimum absolute atomic E-state index is 0.0263. The molecule has 1 saturated heterocycles. The van der Waals surface area contributed by atoms with Crippen molar-refractivity contribution in [3.8, 4) is 0 Å². The first-order chi connectivity index (χ1) is 9.09. The molecule has 19 heavy (non-hydrogen) atoms. The molecule has 0 radical (unpaired) electrons. The van der Waals surface area contributed by atoms with Crippen LogP contribution in [0.2, 0.25) is 0 Å². The number of aliphatic hydroxyl groups is 1. The molecule has 2 atom stereocenters. The van der Waals surface area contributed by atoms with Crippen LogP contribution in [0.4, 0.5) is 0 Å². The number of sulfone groups is 1. The Bertz CT molecular complexity index is 573. The van der Waals surface area contributed by atoms with Crippen LogP contribution in [0.25, 0.3) is 0 Å². The lowest BCUT2D eigenvalue weighted by Gasteiger charge is -2.40. The van der Waals surface area contributed by atoms with Crippen LogP contribution in [0, 0.1) is 5.41 Å². The number of aliphatic hydroxyl groups excluding tert-OH is 1. The van der Waals surface area contributed by atoms with Crippen molar-refractivity contribution in [3.05, 3.63) is 29.8 Å². The summed E-state index contributed by atoms with van der Waals surface area (Å²) in [5, 5.41) is 9.82. The maximum atomic E-state index is 12.2. The Balaban J connectivity index is 2.07. The third-order valence-corrected chi connectivity index (χ3v) is 6.24. The molecule has 2 aliphatic heterocycles. The standard InChI is InChI=1S/C14H18O4S/c15-9-14(6-3-7-18-10-14)12-8-19(16,17)13-5-2-1-4-11(12)13/h1-2,4-5,12,15H,3,6-10H2. The van der Waals surface area contributed by atoms with E-state index >= 15 is 0 Å². The normalized spacial score (nSPS) is 33.0. The molecule has 0 aromatic heterocycles. The largest absolute Gasteiger partial charge is 0.396 e. The second kappa shape index (κ2) is 4.58. The van der Waals surface area contributed by atoms with Gasteiger partial charge in [-0.15, -0.1) is 0 Å². The number of ether oxygens (including phenoxy) is 1. The third-order valence-electron chi connectivity index (χ3n) is 4.42. The maximum Gasteiger partial charge on any atom is 0.179 e. The van der Waals surface area contributed by atoms with E-state index in [9.17, 15) is 13.5 Å². The Hall–Kier alpha value is -0.910. The van der Waals surface area contributed by atoms with Crippen LogP contribution in [0.5, 0.6) is 0 Å². The predicted octanol–water partition coefficient (Wildman–Crippen LogP) is 1.35. The lowest BCUT2D eigenvalue weighted by Crippen LogP contribution is -2.41. The Morgan fingerprint density at radius 2 is 2.16 bits per heavy atom. The summed E-state index contributed by atoms with van der Waals surface area (Å²) >= 11 is 0. The van der Waals surface area contributed by atoms with Crippen molar-refractivity contribution in [1.29, 1.82) is 0 Å². The van der Waals surface area contributed by atoms with Crippen molar-refractivity contribution in [3.63, 3.8) is 0 Å². The van der Waals surface area contributed by atoms with Crippen molar-refractivity contribution >= 4 is 9.84 Å². The van der Waals surface area contributed by atoms with Crippen molar-refractivity contribution < 1.29 is 18.3 Å². The summed E-state index contributed by atoms with van der Waals surface area (Å²) in [6, 6.07) is 7.15. The van der Waals surface area contributed by atoms with Crippen molar-refractivity contribution in [1.82, 2.24) is 0 Å². The fraction of sp³-hybridized carbons (Fsp3) is 0.571. The zero-order valence-electron chi connectivity index (χ0n) is 10.7. The molecule has 2 unspecified atom stereocenters. The van der Waals surface area contributed by atoms with Gasteiger partial charge in [-0.25, -0.2) is 8.42 Å². The average Bonchev–Trinajstić information content (AvgIpc) is 2.73. The zero-order valence-corrected chi connectivity index (χ0v) is 11.5. The van der Waals surface area contributed by atoms with E-state index in [0.29, 0.717) is 18.1 Å². The number of rotatable bonds is 2. The zero-order chi connectivity index (χ0) is 13.5. The fourth-order valence-electron chi connectivity index (χ4n) is 3.34. The van der Waals surface area contributed by atoms with Crippen molar-refractivity contribution in [2.24, 2.45) is 5.41 Å². The summed E-state index contributed by atoms with van der Waals surface area (Å²) in [5.74, 6) is -0.0602. The van der Waals surface area contributed by atoms with Gasteiger partial charge in [0, 0.05) is 17.9 Å². The van der Waals surface area contributed by atoms with Crippen LogP contribution < -0.4 is 0 Å². The molecule has 1 fully saturated rings. The van der Waals surface area contributed by atoms with E-state index in [0.717, 1.165) is 18.4 Å². The van der Waals surface area contributed by atoms with Crippen molar-refractivity contribution in [2.45, 2.75) is 23.7 Å². The van der Waals surface area contributed by atoms with E-state index in [4.69, 9.17) is 4.74 Å². The molecule has 0 saturated carbocycles. The molecular formula is C14H18O4S. The molecule has 2 aliphatic rings. The van der Waals surface area contributed by atoms with Gasteiger partial charge in [0.25, 0.3) is 0 Å². The highest BCUT2D eigenvalue weighted by molar-refractivity contribution is 7.91. The van der Waals surface area contributed by atoms with Crippen LogP contribution >= 0.6 is 0 Å². The van der Waals surface area contributed by atoms with Gasteiger partial charge in [0.15, 0.2) is 9.84 Å². The fourth-order valence-corrected chi connectivity index (χ4v) is 5.35. The Morgan fingerprint density at radius 3 is 2.84 bits per heavy atom. The quantitative estimate of drug-likeness (QED) is 0.889. The molecular weight excluding hydrogens is 264 g/mol. The lowest BCUT2D eigenvalue weighted by molar-refractivity contribution is -0.0501. The van der Waals surface area contributed by atoms with E-state index in [2.05, 4.69) is 0 Å². The lowest BCUT2D eigenvalue weighted by atomic mass is 9.70. The smallest absolute Gasteiger partial charge is 0.179 e. The molecule has 104 valence electrons. The van der Waals surface area contributed by atoms with Crippen LogP contribution in [0.15, 0.2) is 29.2 Å². The van der Waals surface area contributed by atoms with E-state index in [1.807, 2.05) is 12.1 Å². The monoisotopic (exact) mass is 282 g/mol. The maximum absolute atomic E-state index is 12.2. The van der Waals surface area contributed by atoms with Crippen LogP contribution in [0.3, 0.4) is 0 Å². The Morgan fingerprint density at radius 1 is 1.37 bits per heavy atom. The summed E-state index contributed by atoms with van der Waals surface area (Å²) in [5.41, 5.74) is 0.403. The van der Waals surface area contributed by atoms with Gasteiger partial charge >= 0.3 is 0 Å². The molecule has 0 aliphatic carbocycles. The molecule has 2 heterocycles. The molecule has 4 nitrogen and oxygen atoms in total. The predicted molar refractivity (Wildman–Crippen MR) is 70.8 cm³/mol. The molecule has 1 N–H and O–H groups in total. The summed E-state index contributed by atoms with van der Waals surface area (Å²) in [6.07, 6.45) is 1.69. The highest BCUT2D eigenvalue weighted by Gasteiger charge is 2.48. The first-order valence-corrected chi connectivity index (χ1v) is 8.25. The SMILES string of the molecule is O=S1(=O)CC(C2(CO)CCCOC2)c2ccccc21. The molecule has 1 aromatic carbocycles. The van der Waals surface area contributed by atoms with E-state index in [1.54, 1.807) is 12.1 Å². The molecule has 0 bridgehead atoms. The van der Waals surface area contributed by atoms with Gasteiger partial charge in [0.2, 0.25) is 0 Å². The second-order valence-corrected chi connectivity index (χ2v) is 7.55. The van der Waals surface area contributed by atoms with Gasteiger partial charge in [0.05, 0.1) is 23.9 Å².